The van der Waals surface area contributed by atoms with E-state index < -0.39 is 0 Å². The van der Waals surface area contributed by atoms with Gasteiger partial charge in [-0.1, -0.05) is 105 Å². The number of nitrogens with zero attached hydrogens (tertiary/aromatic N) is 3. The maximum absolute atomic E-state index is 14.7. The molecular weight excluding hydrogens is 650 g/mol. The van der Waals surface area contributed by atoms with Crippen LogP contribution in [-0.4, -0.2) is 21.6 Å². The van der Waals surface area contributed by atoms with Crippen molar-refractivity contribution in [3.8, 4) is 11.3 Å². The molecule has 4 aromatic carbocycles. The second kappa shape index (κ2) is 11.4. The largest absolute Gasteiger partial charge is 0.275 e. The lowest BCUT2D eigenvalue weighted by Gasteiger charge is -2.30. The van der Waals surface area contributed by atoms with Crippen LogP contribution < -0.4 is 0 Å². The van der Waals surface area contributed by atoms with Gasteiger partial charge in [0, 0.05) is 25.8 Å². The third-order valence-electron chi connectivity index (χ3n) is 8.15. The van der Waals surface area contributed by atoms with E-state index in [0.717, 1.165) is 67.2 Å². The summed E-state index contributed by atoms with van der Waals surface area (Å²) in [7, 11) is 0. The molecule has 2 atom stereocenters. The zero-order chi connectivity index (χ0) is 28.6. The lowest BCUT2D eigenvalue weighted by atomic mass is 9.77. The number of fused-ring (bicyclic) bond motifs is 2. The molecule has 1 saturated carbocycles. The number of rotatable bonds is 4. The zero-order valence-corrected chi connectivity index (χ0v) is 25.9. The van der Waals surface area contributed by atoms with Crippen LogP contribution in [0.15, 0.2) is 129 Å². The van der Waals surface area contributed by atoms with E-state index in [1.165, 1.54) is 5.57 Å². The highest BCUT2D eigenvalue weighted by molar-refractivity contribution is 9.10. The number of hydrogen-bond donors (Lipinski definition) is 0. The Labute approximate surface area is 262 Å². The van der Waals surface area contributed by atoms with Crippen molar-refractivity contribution in [3.63, 3.8) is 0 Å². The Balaban J connectivity index is 1.37. The van der Waals surface area contributed by atoms with Crippen LogP contribution in [-0.2, 0) is 0 Å². The highest BCUT2D eigenvalue weighted by atomic mass is 79.9. The van der Waals surface area contributed by atoms with E-state index in [2.05, 4.69) is 74.3 Å². The fourth-order valence-corrected chi connectivity index (χ4v) is 6.68. The Morgan fingerprint density at radius 3 is 2.29 bits per heavy atom. The zero-order valence-electron chi connectivity index (χ0n) is 22.8. The fraction of sp³-hybridized carbons (Fsp3) is 0.139. The summed E-state index contributed by atoms with van der Waals surface area (Å²) in [4.78, 5) is 19.6. The van der Waals surface area contributed by atoms with E-state index in [1.807, 2.05) is 72.8 Å². The summed E-state index contributed by atoms with van der Waals surface area (Å²) in [5.41, 5.74) is 7.60. The fourth-order valence-electron chi connectivity index (χ4n) is 6.15. The quantitative estimate of drug-likeness (QED) is 0.190. The van der Waals surface area contributed by atoms with Gasteiger partial charge in [0.05, 0.1) is 28.5 Å². The molecule has 6 heteroatoms. The average Bonchev–Trinajstić information content (AvgIpc) is 3.43. The summed E-state index contributed by atoms with van der Waals surface area (Å²) in [5.74, 6) is 0.0101. The molecule has 0 N–H and O–H groups in total. The highest BCUT2D eigenvalue weighted by Gasteiger charge is 2.44. The summed E-state index contributed by atoms with van der Waals surface area (Å²) < 4.78 is 2.06. The van der Waals surface area contributed by atoms with Crippen LogP contribution >= 0.6 is 31.9 Å². The van der Waals surface area contributed by atoms with Crippen molar-refractivity contribution in [1.29, 1.82) is 0 Å². The SMILES string of the molecule is O=C(c1cc(-c2ccccc2)nc2ccccc12)N1N=C2/C(=C/c3ccc(Br)cc3)CCC[C@H]2[C@H]1c1ccc(Br)cc1. The number of aromatic nitrogens is 1. The monoisotopic (exact) mass is 675 g/mol. The lowest BCUT2D eigenvalue weighted by Crippen LogP contribution is -2.32. The minimum atomic E-state index is -0.193. The first kappa shape index (κ1) is 27.0. The average molecular weight is 677 g/mol. The van der Waals surface area contributed by atoms with Gasteiger partial charge >= 0.3 is 0 Å². The highest BCUT2D eigenvalue weighted by Crippen LogP contribution is 2.45. The van der Waals surface area contributed by atoms with Gasteiger partial charge in [-0.15, -0.1) is 0 Å². The van der Waals surface area contributed by atoms with Crippen LogP contribution in [0.25, 0.3) is 28.2 Å². The van der Waals surface area contributed by atoms with E-state index in [-0.39, 0.29) is 17.9 Å². The molecule has 1 aromatic heterocycles. The van der Waals surface area contributed by atoms with Gasteiger partial charge in [0.1, 0.15) is 0 Å². The first-order valence-electron chi connectivity index (χ1n) is 14.1. The maximum atomic E-state index is 14.7. The number of hydrogen-bond acceptors (Lipinski definition) is 3. The molecular formula is C36H27Br2N3O. The molecule has 0 saturated heterocycles. The van der Waals surface area contributed by atoms with E-state index in [0.29, 0.717) is 5.56 Å². The van der Waals surface area contributed by atoms with Crippen LogP contribution in [0.5, 0.6) is 0 Å². The first-order valence-corrected chi connectivity index (χ1v) is 15.7. The molecule has 7 rings (SSSR count). The minimum absolute atomic E-state index is 0.108. The van der Waals surface area contributed by atoms with Crippen molar-refractivity contribution in [3.05, 3.63) is 140 Å². The molecule has 5 aromatic rings. The van der Waals surface area contributed by atoms with Crippen molar-refractivity contribution in [2.45, 2.75) is 25.3 Å². The summed E-state index contributed by atoms with van der Waals surface area (Å²) >= 11 is 7.13. The van der Waals surface area contributed by atoms with E-state index in [1.54, 1.807) is 5.01 Å². The molecule has 0 spiro atoms. The van der Waals surface area contributed by atoms with Crippen LogP contribution in [0.3, 0.4) is 0 Å². The second-order valence-corrected chi connectivity index (χ2v) is 12.6. The van der Waals surface area contributed by atoms with Gasteiger partial charge in [-0.3, -0.25) is 4.79 Å². The molecule has 206 valence electrons. The Hall–Kier alpha value is -3.87. The summed E-state index contributed by atoms with van der Waals surface area (Å²) in [6.07, 6.45) is 5.21. The lowest BCUT2D eigenvalue weighted by molar-refractivity contribution is 0.0683. The van der Waals surface area contributed by atoms with Crippen LogP contribution in [0.2, 0.25) is 0 Å². The summed E-state index contributed by atoms with van der Waals surface area (Å²) in [6.45, 7) is 0. The van der Waals surface area contributed by atoms with Gasteiger partial charge in [-0.2, -0.15) is 5.10 Å². The van der Waals surface area contributed by atoms with Crippen molar-refractivity contribution in [2.24, 2.45) is 11.0 Å². The third kappa shape index (κ3) is 5.14. The minimum Gasteiger partial charge on any atom is -0.267 e. The van der Waals surface area contributed by atoms with Crippen LogP contribution in [0.1, 0.15) is 46.8 Å². The summed E-state index contributed by atoms with van der Waals surface area (Å²) in [5, 5.41) is 7.74. The molecule has 0 unspecified atom stereocenters. The third-order valence-corrected chi connectivity index (χ3v) is 9.21. The molecule has 4 nitrogen and oxygen atoms in total. The predicted molar refractivity (Wildman–Crippen MR) is 177 cm³/mol. The standard InChI is InChI=1S/C36H27Br2N3O/c37-27-17-13-23(14-18-27)21-26-9-6-11-30-34(26)40-41(35(30)25-15-19-28(38)20-16-25)36(42)31-22-33(24-7-2-1-3-8-24)39-32-12-5-4-10-29(31)32/h1-5,7-8,10,12-22,30,35H,6,9,11H2/b26-21+/t30-,35-/m1/s1. The van der Waals surface area contributed by atoms with Gasteiger partial charge < -0.3 is 0 Å². The van der Waals surface area contributed by atoms with Crippen molar-refractivity contribution in [2.75, 3.05) is 0 Å². The van der Waals surface area contributed by atoms with Crippen LogP contribution in [0, 0.1) is 5.92 Å². The molecule has 0 bridgehead atoms. The van der Waals surface area contributed by atoms with Crippen molar-refractivity contribution in [1.82, 2.24) is 9.99 Å². The molecule has 1 aliphatic carbocycles. The van der Waals surface area contributed by atoms with E-state index >= 15 is 0 Å². The van der Waals surface area contributed by atoms with Gasteiger partial charge in [-0.05, 0) is 78.4 Å². The topological polar surface area (TPSA) is 45.6 Å². The van der Waals surface area contributed by atoms with Crippen molar-refractivity contribution < 1.29 is 4.79 Å². The molecule has 1 amide bonds. The number of carbonyl (C=O) groups is 1. The second-order valence-electron chi connectivity index (χ2n) is 10.8. The number of pyridine rings is 1. The molecule has 2 heterocycles. The van der Waals surface area contributed by atoms with Gasteiger partial charge in [-0.25, -0.2) is 9.99 Å². The first-order chi connectivity index (χ1) is 20.5. The van der Waals surface area contributed by atoms with Crippen molar-refractivity contribution >= 4 is 60.5 Å². The molecule has 42 heavy (non-hydrogen) atoms. The number of hydrazone groups is 1. The number of para-hydroxylation sites is 1. The number of amides is 1. The molecule has 1 fully saturated rings. The number of benzene rings is 4. The smallest absolute Gasteiger partial charge is 0.267 e. The van der Waals surface area contributed by atoms with Gasteiger partial charge in [0.15, 0.2) is 0 Å². The normalized spacial score (nSPS) is 19.1. The molecule has 0 radical (unpaired) electrons. The van der Waals surface area contributed by atoms with Crippen LogP contribution in [0.4, 0.5) is 0 Å². The Morgan fingerprint density at radius 2 is 1.52 bits per heavy atom. The van der Waals surface area contributed by atoms with Gasteiger partial charge in [0.25, 0.3) is 5.91 Å². The maximum Gasteiger partial charge on any atom is 0.275 e. The molecule has 2 aliphatic rings. The van der Waals surface area contributed by atoms with E-state index in [4.69, 9.17) is 10.1 Å². The Kier molecular flexibility index (Phi) is 7.34. The number of allylic oxidation sites excluding steroid dienone is 1. The Bertz CT molecular complexity index is 1850. The number of halogens is 2. The molecule has 1 aliphatic heterocycles. The predicted octanol–water partition coefficient (Wildman–Crippen LogP) is 9.86. The summed E-state index contributed by atoms with van der Waals surface area (Å²) in [6, 6.07) is 36.3. The van der Waals surface area contributed by atoms with Gasteiger partial charge in [0.2, 0.25) is 0 Å². The Morgan fingerprint density at radius 1 is 0.833 bits per heavy atom. The van der Waals surface area contributed by atoms with E-state index in [9.17, 15) is 4.79 Å². The number of carbonyl (C=O) groups excluding carboxylic acids is 1.